The molecule has 1 atom stereocenters. The van der Waals surface area contributed by atoms with E-state index in [1.54, 1.807) is 6.92 Å². The van der Waals surface area contributed by atoms with Crippen LogP contribution in [0.1, 0.15) is 33.1 Å². The highest BCUT2D eigenvalue weighted by atomic mass is 32.2. The Bertz CT molecular complexity index is 239. The Morgan fingerprint density at radius 2 is 2.00 bits per heavy atom. The van der Waals surface area contributed by atoms with E-state index in [1.165, 1.54) is 0 Å². The van der Waals surface area contributed by atoms with Gasteiger partial charge in [-0.2, -0.15) is 0 Å². The molecule has 72 valence electrons. The van der Waals surface area contributed by atoms with Crippen molar-refractivity contribution in [3.63, 3.8) is 0 Å². The maximum atomic E-state index is 11.5. The maximum Gasteiger partial charge on any atom is 0.189 e. The summed E-state index contributed by atoms with van der Waals surface area (Å²) in [6.07, 6.45) is 2.79. The lowest BCUT2D eigenvalue weighted by Crippen LogP contribution is -2.23. The van der Waals surface area contributed by atoms with Gasteiger partial charge in [-0.3, -0.25) is 0 Å². The fraction of sp³-hybridized carbons (Fsp3) is 1.00. The van der Waals surface area contributed by atoms with Crippen molar-refractivity contribution in [2.45, 2.75) is 38.0 Å². The number of unbranched alkanes of at least 4 members (excludes halogenated alkanes) is 2. The smallest absolute Gasteiger partial charge is 0.189 e. The first-order valence-electron chi connectivity index (χ1n) is 4.38. The number of hydrogen-bond donors (Lipinski definition) is 0. The van der Waals surface area contributed by atoms with Crippen LogP contribution in [0.15, 0.2) is 0 Å². The van der Waals surface area contributed by atoms with Crippen molar-refractivity contribution in [3.8, 4) is 0 Å². The summed E-state index contributed by atoms with van der Waals surface area (Å²) >= 11 is 0. The Labute approximate surface area is 74.0 Å². The van der Waals surface area contributed by atoms with E-state index in [1.807, 2.05) is 0 Å². The van der Waals surface area contributed by atoms with Crippen LogP contribution in [-0.4, -0.2) is 25.7 Å². The summed E-state index contributed by atoms with van der Waals surface area (Å²) in [5, 5.41) is 0. The number of epoxide rings is 1. The molecule has 0 aliphatic carbocycles. The zero-order chi connectivity index (χ0) is 9.24. The fourth-order valence-electron chi connectivity index (χ4n) is 1.04. The molecule has 1 heterocycles. The Kier molecular flexibility index (Phi) is 2.78. The Hall–Kier alpha value is -0.0900. The molecular formula is C8H16O3S. The Balaban J connectivity index is 2.40. The van der Waals surface area contributed by atoms with Crippen LogP contribution in [0.2, 0.25) is 0 Å². The van der Waals surface area contributed by atoms with Gasteiger partial charge in [0.05, 0.1) is 12.4 Å². The van der Waals surface area contributed by atoms with Crippen molar-refractivity contribution < 1.29 is 13.2 Å². The Morgan fingerprint density at radius 3 is 2.42 bits per heavy atom. The highest BCUT2D eigenvalue weighted by Gasteiger charge is 2.51. The van der Waals surface area contributed by atoms with Crippen LogP contribution >= 0.6 is 0 Å². The molecule has 0 N–H and O–H groups in total. The van der Waals surface area contributed by atoms with Crippen LogP contribution in [0, 0.1) is 0 Å². The number of rotatable bonds is 5. The first kappa shape index (κ1) is 9.99. The van der Waals surface area contributed by atoms with Gasteiger partial charge in [-0.05, 0) is 13.3 Å². The Morgan fingerprint density at radius 1 is 1.42 bits per heavy atom. The average molecular weight is 192 g/mol. The van der Waals surface area contributed by atoms with Crippen LogP contribution in [0.5, 0.6) is 0 Å². The van der Waals surface area contributed by atoms with Gasteiger partial charge in [-0.15, -0.1) is 0 Å². The summed E-state index contributed by atoms with van der Waals surface area (Å²) in [5.74, 6) is 0.275. The zero-order valence-electron chi connectivity index (χ0n) is 7.67. The van der Waals surface area contributed by atoms with E-state index in [0.717, 1.165) is 19.3 Å². The third-order valence-electron chi connectivity index (χ3n) is 2.23. The topological polar surface area (TPSA) is 46.7 Å². The van der Waals surface area contributed by atoms with E-state index < -0.39 is 14.8 Å². The first-order valence-corrected chi connectivity index (χ1v) is 6.03. The molecule has 1 aliphatic rings. The van der Waals surface area contributed by atoms with Crippen molar-refractivity contribution in [2.24, 2.45) is 0 Å². The lowest BCUT2D eigenvalue weighted by molar-refractivity contribution is 0.383. The molecule has 0 saturated carbocycles. The van der Waals surface area contributed by atoms with Gasteiger partial charge < -0.3 is 4.74 Å². The van der Waals surface area contributed by atoms with Crippen LogP contribution in [-0.2, 0) is 14.6 Å². The predicted octanol–water partition coefficient (Wildman–Crippen LogP) is 1.34. The number of hydrogen-bond acceptors (Lipinski definition) is 3. The normalized spacial score (nSPS) is 28.8. The SMILES string of the molecule is CCCCCS(=O)(=O)C1(C)CO1. The monoisotopic (exact) mass is 192 g/mol. The van der Waals surface area contributed by atoms with Gasteiger partial charge in [0, 0.05) is 0 Å². The molecule has 0 amide bonds. The third kappa shape index (κ3) is 1.98. The van der Waals surface area contributed by atoms with Gasteiger partial charge in [0.2, 0.25) is 0 Å². The molecule has 0 spiro atoms. The minimum absolute atomic E-state index is 0.275. The maximum absolute atomic E-state index is 11.5. The van der Waals surface area contributed by atoms with Gasteiger partial charge in [-0.25, -0.2) is 8.42 Å². The van der Waals surface area contributed by atoms with Crippen molar-refractivity contribution in [1.29, 1.82) is 0 Å². The van der Waals surface area contributed by atoms with Crippen molar-refractivity contribution in [2.75, 3.05) is 12.4 Å². The highest BCUT2D eigenvalue weighted by Crippen LogP contribution is 2.33. The molecule has 0 bridgehead atoms. The van der Waals surface area contributed by atoms with Crippen molar-refractivity contribution in [1.82, 2.24) is 0 Å². The predicted molar refractivity (Wildman–Crippen MR) is 47.7 cm³/mol. The largest absolute Gasteiger partial charge is 0.353 e. The summed E-state index contributed by atoms with van der Waals surface area (Å²) in [6, 6.07) is 0. The van der Waals surface area contributed by atoms with Gasteiger partial charge >= 0.3 is 0 Å². The summed E-state index contributed by atoms with van der Waals surface area (Å²) in [6.45, 7) is 4.08. The van der Waals surface area contributed by atoms with Crippen molar-refractivity contribution >= 4 is 9.84 Å². The van der Waals surface area contributed by atoms with E-state index in [4.69, 9.17) is 4.74 Å². The van der Waals surface area contributed by atoms with E-state index in [-0.39, 0.29) is 5.75 Å². The molecule has 0 aromatic heterocycles. The molecule has 4 heteroatoms. The van der Waals surface area contributed by atoms with Crippen LogP contribution in [0.3, 0.4) is 0 Å². The summed E-state index contributed by atoms with van der Waals surface area (Å²) in [7, 11) is -2.98. The second kappa shape index (κ2) is 3.34. The molecule has 12 heavy (non-hydrogen) atoms. The van der Waals surface area contributed by atoms with Crippen molar-refractivity contribution in [3.05, 3.63) is 0 Å². The lowest BCUT2D eigenvalue weighted by atomic mass is 10.3. The number of ether oxygens (including phenoxy) is 1. The fourth-order valence-corrected chi connectivity index (χ4v) is 2.47. The van der Waals surface area contributed by atoms with Gasteiger partial charge in [0.1, 0.15) is 0 Å². The summed E-state index contributed by atoms with van der Waals surface area (Å²) < 4.78 is 27.8. The molecule has 1 aliphatic heterocycles. The third-order valence-corrected chi connectivity index (χ3v) is 4.60. The van der Waals surface area contributed by atoms with E-state index in [9.17, 15) is 8.42 Å². The molecule has 0 aromatic carbocycles. The average Bonchev–Trinajstić information content (AvgIpc) is 2.70. The van der Waals surface area contributed by atoms with Gasteiger partial charge in [0.25, 0.3) is 0 Å². The second-order valence-electron chi connectivity index (χ2n) is 3.45. The quantitative estimate of drug-likeness (QED) is 0.488. The molecular weight excluding hydrogens is 176 g/mol. The molecule has 1 saturated heterocycles. The molecule has 0 aromatic rings. The van der Waals surface area contributed by atoms with Gasteiger partial charge in [-0.1, -0.05) is 19.8 Å². The second-order valence-corrected chi connectivity index (χ2v) is 5.95. The van der Waals surface area contributed by atoms with Gasteiger partial charge in [0.15, 0.2) is 14.8 Å². The minimum atomic E-state index is -2.98. The molecule has 1 fully saturated rings. The molecule has 1 rings (SSSR count). The van der Waals surface area contributed by atoms with Crippen LogP contribution < -0.4 is 0 Å². The van der Waals surface area contributed by atoms with Crippen LogP contribution in [0.25, 0.3) is 0 Å². The van der Waals surface area contributed by atoms with E-state index in [2.05, 4.69) is 6.92 Å². The molecule has 0 radical (unpaired) electrons. The molecule has 3 nitrogen and oxygen atoms in total. The number of sulfone groups is 1. The first-order chi connectivity index (χ1) is 5.52. The lowest BCUT2D eigenvalue weighted by Gasteiger charge is -2.06. The summed E-state index contributed by atoms with van der Waals surface area (Å²) in [5.41, 5.74) is 0. The minimum Gasteiger partial charge on any atom is -0.353 e. The zero-order valence-corrected chi connectivity index (χ0v) is 8.49. The highest BCUT2D eigenvalue weighted by molar-refractivity contribution is 7.92. The standard InChI is InChI=1S/C8H16O3S/c1-3-4-5-6-12(9,10)8(2)7-11-8/h3-7H2,1-2H3. The molecule has 1 unspecified atom stereocenters. The summed E-state index contributed by atoms with van der Waals surface area (Å²) in [4.78, 5) is -0.833. The van der Waals surface area contributed by atoms with E-state index >= 15 is 0 Å². The van der Waals surface area contributed by atoms with E-state index in [0.29, 0.717) is 6.61 Å². The van der Waals surface area contributed by atoms with Crippen LogP contribution in [0.4, 0.5) is 0 Å².